The van der Waals surface area contributed by atoms with Crippen LogP contribution in [0.3, 0.4) is 0 Å². The lowest BCUT2D eigenvalue weighted by atomic mass is 10.0. The van der Waals surface area contributed by atoms with Gasteiger partial charge >= 0.3 is 0 Å². The fourth-order valence-electron chi connectivity index (χ4n) is 2.31. The molecule has 1 aromatic rings. The number of nitrogens with zero attached hydrogens (tertiary/aromatic N) is 2. The normalized spacial score (nSPS) is 16.6. The van der Waals surface area contributed by atoms with Crippen LogP contribution in [0, 0.1) is 17.1 Å². The van der Waals surface area contributed by atoms with Gasteiger partial charge in [0.15, 0.2) is 0 Å². The highest BCUT2D eigenvalue weighted by Gasteiger charge is 2.23. The Morgan fingerprint density at radius 2 is 2.20 bits per heavy atom. The van der Waals surface area contributed by atoms with E-state index in [-0.39, 0.29) is 11.6 Å². The maximum absolute atomic E-state index is 13.7. The summed E-state index contributed by atoms with van der Waals surface area (Å²) in [6.07, 6.45) is 1.55. The minimum absolute atomic E-state index is 0.0314. The Morgan fingerprint density at radius 3 is 2.80 bits per heavy atom. The zero-order chi connectivity index (χ0) is 14.5. The third kappa shape index (κ3) is 3.56. The van der Waals surface area contributed by atoms with Crippen molar-refractivity contribution in [3.8, 4) is 6.07 Å². The molecule has 0 spiro atoms. The minimum atomic E-state index is -0.529. The highest BCUT2D eigenvalue weighted by Crippen LogP contribution is 2.20. The van der Waals surface area contributed by atoms with Crippen molar-refractivity contribution in [2.45, 2.75) is 18.9 Å². The van der Waals surface area contributed by atoms with Crippen LogP contribution >= 0.6 is 15.9 Å². The largest absolute Gasteiger partial charge is 0.349 e. The third-order valence-electron chi connectivity index (χ3n) is 3.41. The number of carbonyl (C=O) groups excluding carboxylic acids is 1. The predicted octanol–water partition coefficient (Wildman–Crippen LogP) is 2.31. The molecule has 6 heteroatoms. The molecular formula is C14H15BrFN3O. The van der Waals surface area contributed by atoms with Crippen LogP contribution in [0.25, 0.3) is 0 Å². The van der Waals surface area contributed by atoms with E-state index in [9.17, 15) is 9.18 Å². The standard InChI is InChI=1S/C14H15BrFN3O/c15-11-2-1-3-12(16)13(11)14(20)18-10-4-7-19(8-5-10)9-6-17/h1-3,10H,4-5,7-9H2,(H,18,20). The van der Waals surface area contributed by atoms with Crippen LogP contribution in [-0.2, 0) is 0 Å². The lowest BCUT2D eigenvalue weighted by Crippen LogP contribution is -2.44. The van der Waals surface area contributed by atoms with Gasteiger partial charge in [0.05, 0.1) is 18.2 Å². The molecule has 1 aliphatic rings. The topological polar surface area (TPSA) is 56.1 Å². The van der Waals surface area contributed by atoms with E-state index in [0.717, 1.165) is 25.9 Å². The maximum atomic E-state index is 13.7. The third-order valence-corrected chi connectivity index (χ3v) is 4.07. The molecule has 1 heterocycles. The van der Waals surface area contributed by atoms with Crippen molar-refractivity contribution >= 4 is 21.8 Å². The second-order valence-electron chi connectivity index (χ2n) is 4.78. The summed E-state index contributed by atoms with van der Waals surface area (Å²) >= 11 is 3.20. The molecule has 1 N–H and O–H groups in total. The van der Waals surface area contributed by atoms with Gasteiger partial charge in [-0.3, -0.25) is 9.69 Å². The average molecular weight is 340 g/mol. The van der Waals surface area contributed by atoms with Crippen molar-refractivity contribution < 1.29 is 9.18 Å². The van der Waals surface area contributed by atoms with Gasteiger partial charge in [0.2, 0.25) is 0 Å². The van der Waals surface area contributed by atoms with E-state index < -0.39 is 11.7 Å². The van der Waals surface area contributed by atoms with Gasteiger partial charge in [0.25, 0.3) is 5.91 Å². The summed E-state index contributed by atoms with van der Waals surface area (Å²) in [7, 11) is 0. The lowest BCUT2D eigenvalue weighted by molar-refractivity contribution is 0.0909. The van der Waals surface area contributed by atoms with Crippen LogP contribution in [0.15, 0.2) is 22.7 Å². The molecule has 1 aliphatic heterocycles. The number of rotatable bonds is 3. The first kappa shape index (κ1) is 14.9. The van der Waals surface area contributed by atoms with Gasteiger partial charge in [-0.1, -0.05) is 6.07 Å². The first-order valence-electron chi connectivity index (χ1n) is 6.46. The van der Waals surface area contributed by atoms with Crippen molar-refractivity contribution in [1.82, 2.24) is 10.2 Å². The summed E-state index contributed by atoms with van der Waals surface area (Å²) < 4.78 is 14.1. The molecule has 0 saturated carbocycles. The summed E-state index contributed by atoms with van der Waals surface area (Å²) in [6.45, 7) is 1.97. The Bertz CT molecular complexity index is 515. The number of nitriles is 1. The molecule has 0 aliphatic carbocycles. The average Bonchev–Trinajstić information content (AvgIpc) is 2.41. The van der Waals surface area contributed by atoms with E-state index in [0.29, 0.717) is 11.0 Å². The smallest absolute Gasteiger partial charge is 0.255 e. The maximum Gasteiger partial charge on any atom is 0.255 e. The van der Waals surface area contributed by atoms with Gasteiger partial charge in [-0.05, 0) is 40.9 Å². The Morgan fingerprint density at radius 1 is 1.50 bits per heavy atom. The van der Waals surface area contributed by atoms with Crippen LogP contribution in [0.5, 0.6) is 0 Å². The quantitative estimate of drug-likeness (QED) is 0.859. The summed E-state index contributed by atoms with van der Waals surface area (Å²) in [5.41, 5.74) is 0.0481. The Kier molecular flexibility index (Phi) is 5.10. The van der Waals surface area contributed by atoms with Crippen LogP contribution < -0.4 is 5.32 Å². The van der Waals surface area contributed by atoms with E-state index >= 15 is 0 Å². The number of halogens is 2. The zero-order valence-electron chi connectivity index (χ0n) is 10.9. The molecule has 0 bridgehead atoms. The molecule has 2 rings (SSSR count). The van der Waals surface area contributed by atoms with Gasteiger partial charge in [-0.2, -0.15) is 5.26 Å². The molecule has 0 unspecified atom stereocenters. The SMILES string of the molecule is N#CCN1CCC(NC(=O)c2c(F)cccc2Br)CC1. The van der Waals surface area contributed by atoms with Crippen LogP contribution in [0.4, 0.5) is 4.39 Å². The minimum Gasteiger partial charge on any atom is -0.349 e. The van der Waals surface area contributed by atoms with Crippen molar-refractivity contribution in [3.05, 3.63) is 34.1 Å². The Balaban J connectivity index is 1.95. The fraction of sp³-hybridized carbons (Fsp3) is 0.429. The van der Waals surface area contributed by atoms with Crippen molar-refractivity contribution in [3.63, 3.8) is 0 Å². The number of hydrogen-bond acceptors (Lipinski definition) is 3. The zero-order valence-corrected chi connectivity index (χ0v) is 12.5. The van der Waals surface area contributed by atoms with E-state index in [1.807, 2.05) is 4.90 Å². The molecule has 4 nitrogen and oxygen atoms in total. The van der Waals surface area contributed by atoms with Crippen molar-refractivity contribution in [2.24, 2.45) is 0 Å². The molecule has 20 heavy (non-hydrogen) atoms. The fourth-order valence-corrected chi connectivity index (χ4v) is 2.83. The molecule has 1 fully saturated rings. The molecule has 0 atom stereocenters. The van der Waals surface area contributed by atoms with Gasteiger partial charge < -0.3 is 5.32 Å². The van der Waals surface area contributed by atoms with E-state index in [1.54, 1.807) is 12.1 Å². The number of hydrogen-bond donors (Lipinski definition) is 1. The molecular weight excluding hydrogens is 325 g/mol. The lowest BCUT2D eigenvalue weighted by Gasteiger charge is -2.30. The summed E-state index contributed by atoms with van der Waals surface area (Å²) in [4.78, 5) is 14.2. The number of piperidine rings is 1. The molecule has 1 amide bonds. The Labute approximate surface area is 125 Å². The van der Waals surface area contributed by atoms with Gasteiger partial charge in [-0.25, -0.2) is 4.39 Å². The monoisotopic (exact) mass is 339 g/mol. The van der Waals surface area contributed by atoms with Crippen molar-refractivity contribution in [1.29, 1.82) is 5.26 Å². The molecule has 1 saturated heterocycles. The van der Waals surface area contributed by atoms with Crippen LogP contribution in [-0.4, -0.2) is 36.5 Å². The second-order valence-corrected chi connectivity index (χ2v) is 5.63. The highest BCUT2D eigenvalue weighted by molar-refractivity contribution is 9.10. The number of carbonyl (C=O) groups is 1. The number of nitrogens with one attached hydrogen (secondary N) is 1. The summed E-state index contributed by atoms with van der Waals surface area (Å²) in [6, 6.07) is 6.62. The van der Waals surface area contributed by atoms with Crippen LogP contribution in [0.1, 0.15) is 23.2 Å². The predicted molar refractivity (Wildman–Crippen MR) is 76.6 cm³/mol. The summed E-state index contributed by atoms with van der Waals surface area (Å²) in [5, 5.41) is 11.5. The Hall–Kier alpha value is -1.45. The highest BCUT2D eigenvalue weighted by atomic mass is 79.9. The number of benzene rings is 1. The van der Waals surface area contributed by atoms with Crippen LogP contribution in [0.2, 0.25) is 0 Å². The molecule has 0 aromatic heterocycles. The molecule has 0 radical (unpaired) electrons. The van der Waals surface area contributed by atoms with Gasteiger partial charge in [-0.15, -0.1) is 0 Å². The number of likely N-dealkylation sites (tertiary alicyclic amines) is 1. The van der Waals surface area contributed by atoms with Crippen molar-refractivity contribution in [2.75, 3.05) is 19.6 Å². The second kappa shape index (κ2) is 6.82. The first-order valence-corrected chi connectivity index (χ1v) is 7.25. The summed E-state index contributed by atoms with van der Waals surface area (Å²) in [5.74, 6) is -0.924. The van der Waals surface area contributed by atoms with Gasteiger partial charge in [0.1, 0.15) is 5.82 Å². The van der Waals surface area contributed by atoms with Gasteiger partial charge in [0, 0.05) is 23.6 Å². The van der Waals surface area contributed by atoms with E-state index in [4.69, 9.17) is 5.26 Å². The first-order chi connectivity index (χ1) is 9.61. The van der Waals surface area contributed by atoms with E-state index in [1.165, 1.54) is 6.07 Å². The number of amides is 1. The molecule has 106 valence electrons. The molecule has 1 aromatic carbocycles. The van der Waals surface area contributed by atoms with E-state index in [2.05, 4.69) is 27.3 Å².